The molecule has 2 atom stereocenters. The summed E-state index contributed by atoms with van der Waals surface area (Å²) in [6.45, 7) is 3.94. The van der Waals surface area contributed by atoms with E-state index in [2.05, 4.69) is 122 Å². The van der Waals surface area contributed by atoms with Crippen LogP contribution in [0, 0.1) is 13.8 Å². The first-order valence-electron chi connectivity index (χ1n) is 17.5. The third-order valence-corrected chi connectivity index (χ3v) is 14.2. The number of hydrazone groups is 2. The molecule has 6 heterocycles. The van der Waals surface area contributed by atoms with Gasteiger partial charge in [-0.3, -0.25) is 0 Å². The number of nitrogens with zero attached hydrogens (tertiary/aromatic N) is 10. The van der Waals surface area contributed by atoms with Gasteiger partial charge in [-0.05, 0) is 96.4 Å². The van der Waals surface area contributed by atoms with E-state index in [1.165, 1.54) is 22.7 Å². The van der Waals surface area contributed by atoms with Crippen molar-refractivity contribution < 1.29 is 0 Å². The standard InChI is InChI=1S/C40H30Br2N10S4/c1-23-37(47-45-29-15-11-27(41)12-16-29)55-39(43-23)51-33(21-31(49-51)35-5-3-19-53-35)25-7-9-26(10-8-25)34-22-32(36-6-4-20-54-36)50-52(34)40-44-24(2)38(56-40)48-46-30-17-13-28(42)14-18-30/h3-20,33-34H,21-22H2,1-2H3. The Morgan fingerprint density at radius 3 is 1.34 bits per heavy atom. The fourth-order valence-electron chi connectivity index (χ4n) is 6.37. The highest BCUT2D eigenvalue weighted by Crippen LogP contribution is 2.45. The molecule has 16 heteroatoms. The lowest BCUT2D eigenvalue weighted by Crippen LogP contribution is -2.20. The average Bonchev–Trinajstić information content (AvgIpc) is 4.07. The van der Waals surface area contributed by atoms with Gasteiger partial charge in [0, 0.05) is 21.8 Å². The molecule has 2 aliphatic rings. The molecule has 9 rings (SSSR count). The van der Waals surface area contributed by atoms with Crippen molar-refractivity contribution >= 4 is 120 Å². The Labute approximate surface area is 356 Å². The molecule has 7 aromatic rings. The maximum atomic E-state index is 5.16. The van der Waals surface area contributed by atoms with E-state index in [9.17, 15) is 0 Å². The second kappa shape index (κ2) is 16.1. The molecular weight excluding hydrogens is 909 g/mol. The van der Waals surface area contributed by atoms with E-state index in [1.54, 1.807) is 22.7 Å². The summed E-state index contributed by atoms with van der Waals surface area (Å²) < 4.78 is 2.00. The van der Waals surface area contributed by atoms with Crippen molar-refractivity contribution in [1.29, 1.82) is 0 Å². The van der Waals surface area contributed by atoms with Crippen LogP contribution >= 0.6 is 77.2 Å². The lowest BCUT2D eigenvalue weighted by molar-refractivity contribution is 0.693. The van der Waals surface area contributed by atoms with E-state index in [4.69, 9.17) is 20.2 Å². The number of thiazole rings is 2. The maximum absolute atomic E-state index is 5.16. The molecule has 0 radical (unpaired) electrons. The zero-order chi connectivity index (χ0) is 38.2. The molecule has 2 unspecified atom stereocenters. The van der Waals surface area contributed by atoms with Crippen LogP contribution in [0.25, 0.3) is 0 Å². The molecule has 2 aliphatic heterocycles. The number of azo groups is 2. The number of thiophene rings is 2. The maximum Gasteiger partial charge on any atom is 0.208 e. The van der Waals surface area contributed by atoms with Gasteiger partial charge in [-0.1, -0.05) is 90.9 Å². The topological polar surface area (TPSA) is 106 Å². The van der Waals surface area contributed by atoms with E-state index < -0.39 is 0 Å². The van der Waals surface area contributed by atoms with Crippen molar-refractivity contribution in [2.45, 2.75) is 38.8 Å². The van der Waals surface area contributed by atoms with Gasteiger partial charge in [0.2, 0.25) is 10.3 Å². The molecule has 0 amide bonds. The van der Waals surface area contributed by atoms with Crippen LogP contribution in [-0.2, 0) is 0 Å². The molecule has 278 valence electrons. The van der Waals surface area contributed by atoms with Gasteiger partial charge in [0.15, 0.2) is 10.0 Å². The van der Waals surface area contributed by atoms with Gasteiger partial charge in [0.1, 0.15) is 0 Å². The lowest BCUT2D eigenvalue weighted by atomic mass is 9.96. The Kier molecular flexibility index (Phi) is 10.7. The minimum Gasteiger partial charge on any atom is -0.231 e. The lowest BCUT2D eigenvalue weighted by Gasteiger charge is -2.24. The molecule has 0 spiro atoms. The fourth-order valence-corrected chi connectivity index (χ4v) is 10.1. The Morgan fingerprint density at radius 1 is 0.554 bits per heavy atom. The SMILES string of the molecule is Cc1nc(N2N=C(c3cccs3)CC2c2ccc(C3CC(c4cccs4)=NN3c3nc(C)c(N=Nc4ccc(Br)cc4)s3)cc2)sc1N=Nc1ccc(Br)cc1. The molecule has 10 nitrogen and oxygen atoms in total. The molecule has 0 fully saturated rings. The highest BCUT2D eigenvalue weighted by Gasteiger charge is 2.35. The summed E-state index contributed by atoms with van der Waals surface area (Å²) in [5.74, 6) is 0. The fraction of sp³-hybridized carbons (Fsp3) is 0.150. The van der Waals surface area contributed by atoms with Gasteiger partial charge in [0.05, 0.1) is 56.0 Å². The Hall–Kier alpha value is -4.58. The molecule has 0 aliphatic carbocycles. The number of anilines is 2. The monoisotopic (exact) mass is 936 g/mol. The van der Waals surface area contributed by atoms with Crippen LogP contribution in [0.3, 0.4) is 0 Å². The van der Waals surface area contributed by atoms with Crippen molar-refractivity contribution in [2.24, 2.45) is 30.7 Å². The molecule has 0 bridgehead atoms. The van der Waals surface area contributed by atoms with Crippen LogP contribution < -0.4 is 10.0 Å². The Bertz CT molecular complexity index is 2410. The van der Waals surface area contributed by atoms with Crippen molar-refractivity contribution in [3.05, 3.63) is 149 Å². The van der Waals surface area contributed by atoms with Gasteiger partial charge in [-0.25, -0.2) is 20.0 Å². The highest BCUT2D eigenvalue weighted by molar-refractivity contribution is 9.10. The minimum atomic E-state index is -0.0409. The summed E-state index contributed by atoms with van der Waals surface area (Å²) in [6.07, 6.45) is 1.51. The summed E-state index contributed by atoms with van der Waals surface area (Å²) in [7, 11) is 0. The quantitative estimate of drug-likeness (QED) is 0.127. The summed E-state index contributed by atoms with van der Waals surface area (Å²) in [5, 5.41) is 39.8. The summed E-state index contributed by atoms with van der Waals surface area (Å²) >= 11 is 13.4. The van der Waals surface area contributed by atoms with Gasteiger partial charge in [0.25, 0.3) is 0 Å². The van der Waals surface area contributed by atoms with Crippen LogP contribution in [-0.4, -0.2) is 21.4 Å². The first kappa shape index (κ1) is 37.0. The third-order valence-electron chi connectivity index (χ3n) is 9.22. The van der Waals surface area contributed by atoms with Crippen molar-refractivity contribution in [3.8, 4) is 0 Å². The van der Waals surface area contributed by atoms with E-state index in [-0.39, 0.29) is 12.1 Å². The van der Waals surface area contributed by atoms with Gasteiger partial charge < -0.3 is 0 Å². The van der Waals surface area contributed by atoms with Crippen LogP contribution in [0.4, 0.5) is 31.6 Å². The van der Waals surface area contributed by atoms with Gasteiger partial charge in [-0.15, -0.1) is 43.1 Å². The van der Waals surface area contributed by atoms with E-state index in [0.29, 0.717) is 0 Å². The number of aromatic nitrogens is 2. The first-order chi connectivity index (χ1) is 27.3. The molecule has 3 aromatic carbocycles. The molecule has 4 aromatic heterocycles. The molecular formula is C40H30Br2N10S4. The van der Waals surface area contributed by atoms with Crippen LogP contribution in [0.15, 0.2) is 147 Å². The number of benzene rings is 3. The number of aryl methyl sites for hydroxylation is 2. The van der Waals surface area contributed by atoms with E-state index in [0.717, 1.165) is 97.1 Å². The van der Waals surface area contributed by atoms with Crippen LogP contribution in [0.2, 0.25) is 0 Å². The zero-order valence-corrected chi connectivity index (χ0v) is 36.3. The van der Waals surface area contributed by atoms with E-state index in [1.807, 2.05) is 62.4 Å². The number of hydrogen-bond donors (Lipinski definition) is 0. The van der Waals surface area contributed by atoms with Gasteiger partial charge >= 0.3 is 0 Å². The summed E-state index contributed by atoms with van der Waals surface area (Å²) in [5.41, 5.74) is 7.59. The van der Waals surface area contributed by atoms with E-state index >= 15 is 0 Å². The smallest absolute Gasteiger partial charge is 0.208 e. The normalized spacial score (nSPS) is 17.1. The minimum absolute atomic E-state index is 0.0409. The number of halogens is 2. The largest absolute Gasteiger partial charge is 0.231 e. The van der Waals surface area contributed by atoms with Crippen molar-refractivity contribution in [2.75, 3.05) is 10.0 Å². The second-order valence-electron chi connectivity index (χ2n) is 13.0. The predicted molar refractivity (Wildman–Crippen MR) is 238 cm³/mol. The van der Waals surface area contributed by atoms with Crippen LogP contribution in [0.5, 0.6) is 0 Å². The average molecular weight is 939 g/mol. The van der Waals surface area contributed by atoms with Crippen molar-refractivity contribution in [3.63, 3.8) is 0 Å². The highest BCUT2D eigenvalue weighted by atomic mass is 79.9. The Morgan fingerprint density at radius 2 is 0.964 bits per heavy atom. The molecule has 0 saturated heterocycles. The molecule has 56 heavy (non-hydrogen) atoms. The van der Waals surface area contributed by atoms with Crippen molar-refractivity contribution in [1.82, 2.24) is 9.97 Å². The zero-order valence-electron chi connectivity index (χ0n) is 29.8. The predicted octanol–water partition coefficient (Wildman–Crippen LogP) is 14.4. The molecule has 0 saturated carbocycles. The molecule has 0 N–H and O–H groups in total. The first-order valence-corrected chi connectivity index (χ1v) is 22.5. The third kappa shape index (κ3) is 7.86. The number of hydrogen-bond acceptors (Lipinski definition) is 14. The summed E-state index contributed by atoms with van der Waals surface area (Å²) in [6, 6.07) is 32.7. The van der Waals surface area contributed by atoms with Crippen LogP contribution in [0.1, 0.15) is 57.2 Å². The summed E-state index contributed by atoms with van der Waals surface area (Å²) in [4.78, 5) is 12.2. The van der Waals surface area contributed by atoms with Gasteiger partial charge in [-0.2, -0.15) is 10.2 Å². The Balaban J connectivity index is 1.00. The number of rotatable bonds is 10. The second-order valence-corrected chi connectivity index (χ2v) is 18.6.